The third kappa shape index (κ3) is 3.92. The summed E-state index contributed by atoms with van der Waals surface area (Å²) in [5.74, 6) is -0.144. The second kappa shape index (κ2) is 8.04. The van der Waals surface area contributed by atoms with E-state index in [-0.39, 0.29) is 6.67 Å². The number of hydrogen-bond donors (Lipinski definition) is 0. The number of rotatable bonds is 4. The molecule has 4 rings (SSSR count). The number of halogens is 1. The number of quaternary nitrogens is 1. The summed E-state index contributed by atoms with van der Waals surface area (Å²) in [7, 11) is 1.84. The number of likely N-dealkylation sites (N-methyl/N-ethyl adjacent to an activating group) is 1. The Morgan fingerprint density at radius 1 is 1.25 bits per heavy atom. The topological polar surface area (TPSA) is 78.4 Å². The molecule has 28 heavy (non-hydrogen) atoms. The van der Waals surface area contributed by atoms with Gasteiger partial charge < -0.3 is 9.94 Å². The zero-order valence-corrected chi connectivity index (χ0v) is 17.3. The number of carbonyl (C=O) groups is 1. The van der Waals surface area contributed by atoms with Gasteiger partial charge in [0.15, 0.2) is 0 Å². The monoisotopic (exact) mass is 422 g/mol. The number of ether oxygens (including phenoxy) is 1. The Bertz CT molecular complexity index is 840. The van der Waals surface area contributed by atoms with E-state index in [2.05, 4.69) is 10.2 Å². The number of nitrogens with zero attached hydrogens (tertiary/aromatic N) is 4. The molecular weight excluding hydrogens is 400 g/mol. The van der Waals surface area contributed by atoms with Crippen molar-refractivity contribution >= 4 is 34.0 Å². The molecule has 0 amide bonds. The van der Waals surface area contributed by atoms with Crippen LogP contribution in [0.15, 0.2) is 24.3 Å². The summed E-state index contributed by atoms with van der Waals surface area (Å²) in [6.07, 6.45) is 4.98. The predicted octanol–water partition coefficient (Wildman–Crippen LogP) is 4.13. The molecule has 0 radical (unpaired) electrons. The number of hydrogen-bond acceptors (Lipinski definition) is 7. The van der Waals surface area contributed by atoms with Crippen LogP contribution in [0, 0.1) is 5.21 Å². The molecule has 9 heteroatoms. The van der Waals surface area contributed by atoms with E-state index in [1.165, 1.54) is 30.6 Å². The van der Waals surface area contributed by atoms with Crippen molar-refractivity contribution in [1.29, 1.82) is 0 Å². The van der Waals surface area contributed by atoms with Crippen molar-refractivity contribution in [3.63, 3.8) is 0 Å². The van der Waals surface area contributed by atoms with E-state index < -0.39 is 16.8 Å². The molecule has 2 aromatic rings. The lowest BCUT2D eigenvalue weighted by molar-refractivity contribution is 0.00559. The molecule has 1 aromatic heterocycles. The maximum absolute atomic E-state index is 13.7. The molecule has 1 saturated carbocycles. The summed E-state index contributed by atoms with van der Waals surface area (Å²) in [5, 5.41) is 24.0. The third-order valence-corrected chi connectivity index (χ3v) is 6.87. The van der Waals surface area contributed by atoms with Crippen molar-refractivity contribution in [2.75, 3.05) is 20.3 Å². The maximum Gasteiger partial charge on any atom is 0.342 e. The van der Waals surface area contributed by atoms with Gasteiger partial charge in [-0.05, 0) is 55.5 Å². The van der Waals surface area contributed by atoms with E-state index in [1.54, 1.807) is 24.3 Å². The average Bonchev–Trinajstić information content (AvgIpc) is 3.29. The van der Waals surface area contributed by atoms with Gasteiger partial charge in [-0.15, -0.1) is 5.10 Å². The molecule has 1 aliphatic heterocycles. The third-order valence-electron chi connectivity index (χ3n) is 5.42. The molecular formula is C19H23ClN4O3S. The summed E-state index contributed by atoms with van der Waals surface area (Å²) in [4.78, 5) is 14.4. The van der Waals surface area contributed by atoms with Crippen molar-refractivity contribution in [2.24, 2.45) is 0 Å². The highest BCUT2D eigenvalue weighted by Gasteiger charge is 2.45. The molecule has 2 fully saturated rings. The first-order chi connectivity index (χ1) is 13.5. The first kappa shape index (κ1) is 19.7. The average molecular weight is 423 g/mol. The number of hydroxylamine groups is 2. The molecule has 2 unspecified atom stereocenters. The van der Waals surface area contributed by atoms with Crippen LogP contribution in [0.2, 0.25) is 5.02 Å². The molecule has 0 bridgehead atoms. The van der Waals surface area contributed by atoms with E-state index >= 15 is 0 Å². The molecule has 2 heterocycles. The minimum Gasteiger partial charge on any atom is -0.622 e. The van der Waals surface area contributed by atoms with E-state index in [0.29, 0.717) is 28.2 Å². The van der Waals surface area contributed by atoms with Gasteiger partial charge in [-0.2, -0.15) is 0 Å². The molecule has 7 nitrogen and oxygen atoms in total. The highest BCUT2D eigenvalue weighted by molar-refractivity contribution is 7.15. The van der Waals surface area contributed by atoms with Crippen LogP contribution >= 0.6 is 22.9 Å². The number of aromatic nitrogens is 2. The van der Waals surface area contributed by atoms with Gasteiger partial charge in [-0.25, -0.2) is 9.69 Å². The minimum atomic E-state index is -0.875. The maximum atomic E-state index is 13.7. The highest BCUT2D eigenvalue weighted by Crippen LogP contribution is 2.39. The van der Waals surface area contributed by atoms with E-state index in [4.69, 9.17) is 16.3 Å². The molecule has 1 saturated heterocycles. The minimum absolute atomic E-state index is 0.178. The number of benzene rings is 1. The Labute approximate surface area is 173 Å². The SMILES string of the molecule is CN1CC(OC(=O)c2ccc(Cl)cc2)[N+]([O-])(c2nnc(C3CCCCC3)s2)C1. The Kier molecular flexibility index (Phi) is 5.66. The van der Waals surface area contributed by atoms with Gasteiger partial charge >= 0.3 is 11.1 Å². The van der Waals surface area contributed by atoms with Crippen molar-refractivity contribution in [3.8, 4) is 0 Å². The summed E-state index contributed by atoms with van der Waals surface area (Å²) < 4.78 is 4.80. The van der Waals surface area contributed by atoms with Gasteiger partial charge in [0, 0.05) is 10.9 Å². The van der Waals surface area contributed by atoms with Gasteiger partial charge in [0.25, 0.3) is 6.23 Å². The molecule has 2 aliphatic rings. The van der Waals surface area contributed by atoms with Crippen molar-refractivity contribution in [3.05, 3.63) is 45.1 Å². The molecule has 1 aliphatic carbocycles. The first-order valence-corrected chi connectivity index (χ1v) is 10.7. The van der Waals surface area contributed by atoms with Gasteiger partial charge in [-0.3, -0.25) is 4.65 Å². The van der Waals surface area contributed by atoms with Gasteiger partial charge in [0.05, 0.1) is 12.1 Å². The summed E-state index contributed by atoms with van der Waals surface area (Å²) in [6.45, 7) is 0.527. The van der Waals surface area contributed by atoms with Crippen LogP contribution in [0.3, 0.4) is 0 Å². The second-order valence-corrected chi connectivity index (χ2v) is 9.02. The van der Waals surface area contributed by atoms with Gasteiger partial charge in [0.2, 0.25) is 0 Å². The van der Waals surface area contributed by atoms with Crippen molar-refractivity contribution < 1.29 is 9.53 Å². The fourth-order valence-electron chi connectivity index (χ4n) is 3.88. The Morgan fingerprint density at radius 2 is 1.96 bits per heavy atom. The van der Waals surface area contributed by atoms with E-state index in [0.717, 1.165) is 17.8 Å². The Hall–Kier alpha value is -1.58. The number of carbonyl (C=O) groups excluding carboxylic acids is 1. The van der Waals surface area contributed by atoms with Crippen LogP contribution in [-0.4, -0.2) is 47.6 Å². The lowest BCUT2D eigenvalue weighted by atomic mass is 9.90. The van der Waals surface area contributed by atoms with Crippen LogP contribution < -0.4 is 4.65 Å². The summed E-state index contributed by atoms with van der Waals surface area (Å²) in [5.41, 5.74) is 0.366. The van der Waals surface area contributed by atoms with Gasteiger partial charge in [-0.1, -0.05) is 36.0 Å². The van der Waals surface area contributed by atoms with E-state index in [9.17, 15) is 10.0 Å². The fraction of sp³-hybridized carbons (Fsp3) is 0.526. The van der Waals surface area contributed by atoms with Crippen LogP contribution in [-0.2, 0) is 4.74 Å². The summed E-state index contributed by atoms with van der Waals surface area (Å²) >= 11 is 7.24. The second-order valence-electron chi connectivity index (χ2n) is 7.60. The molecule has 150 valence electrons. The quantitative estimate of drug-likeness (QED) is 0.418. The molecule has 0 spiro atoms. The van der Waals surface area contributed by atoms with Crippen LogP contribution in [0.4, 0.5) is 5.13 Å². The Morgan fingerprint density at radius 3 is 2.68 bits per heavy atom. The normalized spacial score (nSPS) is 26.5. The van der Waals surface area contributed by atoms with Crippen molar-refractivity contribution in [1.82, 2.24) is 19.7 Å². The van der Waals surface area contributed by atoms with Gasteiger partial charge in [0.1, 0.15) is 11.7 Å². The lowest BCUT2D eigenvalue weighted by Gasteiger charge is -2.38. The zero-order chi connectivity index (χ0) is 19.7. The molecule has 1 aromatic carbocycles. The summed E-state index contributed by atoms with van der Waals surface area (Å²) in [6, 6.07) is 6.43. The van der Waals surface area contributed by atoms with Crippen LogP contribution in [0.1, 0.15) is 53.4 Å². The largest absolute Gasteiger partial charge is 0.622 e. The predicted molar refractivity (Wildman–Crippen MR) is 109 cm³/mol. The highest BCUT2D eigenvalue weighted by atomic mass is 35.5. The smallest absolute Gasteiger partial charge is 0.342 e. The lowest BCUT2D eigenvalue weighted by Crippen LogP contribution is -2.50. The van der Waals surface area contributed by atoms with Crippen LogP contribution in [0.5, 0.6) is 0 Å². The molecule has 2 atom stereocenters. The van der Waals surface area contributed by atoms with Crippen LogP contribution in [0.25, 0.3) is 0 Å². The van der Waals surface area contributed by atoms with E-state index in [1.807, 2.05) is 11.9 Å². The number of esters is 1. The molecule has 0 N–H and O–H groups in total. The first-order valence-electron chi connectivity index (χ1n) is 9.53. The standard InChI is InChI=1S/C19H23ClN4O3S/c1-23-11-16(27-18(25)14-7-9-15(20)10-8-14)24(26,12-23)19-22-21-17(28-19)13-5-3-2-4-6-13/h7-10,13,16H,2-6,11-12H2,1H3. The Balaban J connectivity index is 1.53. The fourth-order valence-corrected chi connectivity index (χ4v) is 5.09. The zero-order valence-electron chi connectivity index (χ0n) is 15.7. The van der Waals surface area contributed by atoms with Crippen molar-refractivity contribution in [2.45, 2.75) is 44.2 Å².